The zero-order valence-corrected chi connectivity index (χ0v) is 99.4. The smallest absolute Gasteiger partial charge is 0.344 e. The Morgan fingerprint density at radius 2 is 1.07 bits per heavy atom. The molecule has 10 aliphatic rings. The number of aliphatic hydroxyl groups excluding tert-OH is 1. The molecular weight excluding hydrogens is 1940 g/mol. The van der Waals surface area contributed by atoms with E-state index in [2.05, 4.69) is 139 Å². The SMILES string of the molecule is C=C(C)[C@@H]1CC=C(C)C(=O)C1.C=C(CCl)[C@@H]1CC=C(C)C(=O)C1.C=C(CCl)[C@@H]1CC=C(C)[C@H](O[Si](C)(C)C(C)(C)C)C1.C=C(C[C@@H](C)C(=O)[C@](C)(O[Si](C)(C)C)C(=O)OC)[C@H]1C[C@@H](C)C(C)=C1C=O.C=C1C[C@@H](OCc2ccccc2)[C@@]2(O)[C@@H](OC(=O)[C@@]2(C)O[Si](C)(C)C(C)(C)C)C2=C(C)[C@H](C)C[C@H]12.CC(=O)O[C@@]1(C)C[C@H](O)[C@@]2(O)[C@@H](OC(=O)[C@@]2(C)O)C2=C(C)[C@H](C)C[C@@H]21.CCC(=O)[C@](C)(O[Si](C)(C)C)C(=O)OC. The van der Waals surface area contributed by atoms with Gasteiger partial charge in [0.05, 0.1) is 39.1 Å². The number of fused-ring (bicyclic) bond motifs is 6. The van der Waals surface area contributed by atoms with Crippen molar-refractivity contribution < 1.29 is 114 Å². The maximum Gasteiger partial charge on any atom is 0.344 e. The van der Waals surface area contributed by atoms with Crippen LogP contribution in [0.3, 0.4) is 0 Å². The van der Waals surface area contributed by atoms with Crippen molar-refractivity contribution in [3.63, 3.8) is 0 Å². The van der Waals surface area contributed by atoms with Crippen LogP contribution in [0.2, 0.25) is 75.5 Å². The van der Waals surface area contributed by atoms with E-state index in [9.17, 15) is 68.4 Å². The van der Waals surface area contributed by atoms with Gasteiger partial charge in [0, 0.05) is 68.0 Å². The van der Waals surface area contributed by atoms with E-state index in [1.165, 1.54) is 46.1 Å². The number of benzene rings is 1. The van der Waals surface area contributed by atoms with E-state index in [1.807, 2.05) is 123 Å². The van der Waals surface area contributed by atoms with Gasteiger partial charge in [-0.05, 0) is 291 Å². The summed E-state index contributed by atoms with van der Waals surface area (Å²) in [7, 11) is -5.82. The number of esters is 5. The summed E-state index contributed by atoms with van der Waals surface area (Å²) in [6.45, 7) is 86.9. The topological polar surface area (TPSA) is 344 Å². The van der Waals surface area contributed by atoms with Crippen molar-refractivity contribution in [2.75, 3.05) is 26.0 Å². The molecule has 2 aliphatic heterocycles. The van der Waals surface area contributed by atoms with Gasteiger partial charge in [-0.25, -0.2) is 19.2 Å². The first kappa shape index (κ1) is 128. The molecule has 0 radical (unpaired) electrons. The van der Waals surface area contributed by atoms with E-state index >= 15 is 0 Å². The van der Waals surface area contributed by atoms with Crippen LogP contribution in [0.1, 0.15) is 255 Å². The van der Waals surface area contributed by atoms with Crippen LogP contribution in [0, 0.1) is 59.2 Å². The Morgan fingerprint density at radius 3 is 1.55 bits per heavy atom. The minimum atomic E-state index is -2.48. The lowest BCUT2D eigenvalue weighted by molar-refractivity contribution is -0.195. The molecule has 0 spiro atoms. The van der Waals surface area contributed by atoms with Crippen LogP contribution >= 0.6 is 23.2 Å². The van der Waals surface area contributed by atoms with Crippen molar-refractivity contribution in [2.24, 2.45) is 59.2 Å². The molecule has 4 fully saturated rings. The third kappa shape index (κ3) is 29.3. The first-order chi connectivity index (χ1) is 65.8. The van der Waals surface area contributed by atoms with Crippen LogP contribution in [0.4, 0.5) is 0 Å². The average Bonchev–Trinajstić information content (AvgIpc) is 1.53. The number of carbonyl (C=O) groups is 10. The van der Waals surface area contributed by atoms with Gasteiger partial charge < -0.3 is 66.6 Å². The van der Waals surface area contributed by atoms with E-state index in [1.54, 1.807) is 27.7 Å². The van der Waals surface area contributed by atoms with Crippen LogP contribution in [0.25, 0.3) is 0 Å². The monoisotopic (exact) mass is 2110 g/mol. The van der Waals surface area contributed by atoms with Crippen molar-refractivity contribution in [2.45, 2.75) is 402 Å². The van der Waals surface area contributed by atoms with Crippen LogP contribution < -0.4 is 0 Å². The lowest BCUT2D eigenvalue weighted by Gasteiger charge is -2.48. The second-order valence-corrected chi connectivity index (χ2v) is 66.6. The molecule has 144 heavy (non-hydrogen) atoms. The van der Waals surface area contributed by atoms with Gasteiger partial charge in [0.1, 0.15) is 11.9 Å². The summed E-state index contributed by atoms with van der Waals surface area (Å²) in [6, 6.07) is 9.89. The van der Waals surface area contributed by atoms with E-state index in [0.29, 0.717) is 79.7 Å². The number of carbonyl (C=O) groups excluding carboxylic acids is 10. The quantitative estimate of drug-likeness (QED) is 0.0121. The molecule has 22 atom stereocenters. The van der Waals surface area contributed by atoms with E-state index in [4.69, 9.17) is 64.6 Å². The standard InChI is InChI=1S/C29H42O5Si.C21H34O5Si.C18H26O7.C16H29ClOSi.C10H13ClO.C10H20O4Si.C10H14O/c1-18-15-22-19(2)16-23(32-17-21-13-11-10-12-14-21)29(31)25(24(22)20(18)3)33-26(30)28(29,7)34-35(8,9)27(4,5)6;1-13-11-17(18(12-22)16(13)4)14(2)10-15(3)19(23)21(5,20(24)25-6)26-27(7,8)9;1-8-6-11-13(9(8)2)14-18(23,17(5,22)15(21)24-14)12(20)7-16(11,4)25-10(3)19;1-12-8-9-14(13(2)11-17)10-15(12)18-19(6,7)16(3,4)5;1-7-3-4-9(5-10(7)12)8(2)6-11;1-7-8(11)10(2,9(12)13-3)14-15(4,5)6;1-7(2)9-5-4-8(3)10(11)6-9/h10-14,18,22-23,25,31H,2,15-17H2,1,3-9H3;12-13,15,17H,2,10-11H2,1,3-9H3;8,11-12,14,20,22-23H,6-7H2,1-5H3;8,14-15H,2,9-11H2,1,3-7H3;3,9H,2,4-6H2,1H3;7H2,1-6H3;4,9H,1,5-6H2,2-3H3/t18-,22-,23-,25+,28-,29-;13-,15-,17-,21+;8-,11+,12+,14+,16+,17-,18-;14-,15-;9-;10-;9-/m1111101/s1. The largest absolute Gasteiger partial charge is 0.467 e. The molecule has 8 aliphatic carbocycles. The maximum absolute atomic E-state index is 13.7. The molecule has 30 heteroatoms. The fourth-order valence-corrected chi connectivity index (χ4v) is 26.7. The highest BCUT2D eigenvalue weighted by Gasteiger charge is 2.75. The number of rotatable bonds is 27. The van der Waals surface area contributed by atoms with Crippen LogP contribution in [-0.4, -0.2) is 209 Å². The van der Waals surface area contributed by atoms with Gasteiger partial charge in [-0.3, -0.25) is 28.8 Å². The summed E-state index contributed by atoms with van der Waals surface area (Å²) in [6.07, 6.45) is 11.9. The van der Waals surface area contributed by atoms with Crippen LogP contribution in [-0.2, 0) is 101 Å². The molecule has 0 aromatic heterocycles. The minimum absolute atomic E-state index is 0.0324. The van der Waals surface area contributed by atoms with Gasteiger partial charge in [-0.1, -0.05) is 202 Å². The zero-order chi connectivity index (χ0) is 111. The third-order valence-corrected chi connectivity index (χ3v) is 44.0. The van der Waals surface area contributed by atoms with Gasteiger partial charge in [-0.15, -0.1) is 23.2 Å². The Hall–Kier alpha value is -6.85. The molecule has 4 N–H and O–H groups in total. The number of hydrogen-bond donors (Lipinski definition) is 4. The van der Waals surface area contributed by atoms with Crippen molar-refractivity contribution in [1.82, 2.24) is 0 Å². The summed E-state index contributed by atoms with van der Waals surface area (Å²) in [4.78, 5) is 120. The van der Waals surface area contributed by atoms with Gasteiger partial charge in [0.25, 0.3) is 0 Å². The lowest BCUT2D eigenvalue weighted by atomic mass is 9.75. The number of hydrogen-bond acceptors (Lipinski definition) is 24. The van der Waals surface area contributed by atoms with Gasteiger partial charge in [0.2, 0.25) is 11.2 Å². The van der Waals surface area contributed by atoms with Crippen molar-refractivity contribution in [3.8, 4) is 0 Å². The summed E-state index contributed by atoms with van der Waals surface area (Å²) < 4.78 is 58.0. The molecule has 0 unspecified atom stereocenters. The molecule has 808 valence electrons. The number of ketones is 4. The van der Waals surface area contributed by atoms with E-state index in [-0.39, 0.29) is 81.7 Å². The Balaban J connectivity index is 0.000000306. The lowest BCUT2D eigenvalue weighted by Crippen LogP contribution is -2.68. The zero-order valence-electron chi connectivity index (χ0n) is 93.9. The van der Waals surface area contributed by atoms with Crippen LogP contribution in [0.5, 0.6) is 0 Å². The van der Waals surface area contributed by atoms with Gasteiger partial charge in [0.15, 0.2) is 91.0 Å². The molecule has 2 heterocycles. The highest BCUT2D eigenvalue weighted by atomic mass is 35.5. The predicted molar refractivity (Wildman–Crippen MR) is 582 cm³/mol. The molecule has 1 aromatic rings. The normalized spacial score (nSPS) is 30.4. The van der Waals surface area contributed by atoms with E-state index < -0.39 is 133 Å². The molecule has 0 bridgehead atoms. The fraction of sp³-hybridized carbons (Fsp3) is 0.667. The molecule has 2 saturated heterocycles. The van der Waals surface area contributed by atoms with Crippen LogP contribution in [0.15, 0.2) is 159 Å². The number of alkyl halides is 2. The Labute approximate surface area is 876 Å². The second-order valence-electron chi connectivity index (χ2n) is 47.8. The van der Waals surface area contributed by atoms with Crippen molar-refractivity contribution in [3.05, 3.63) is 165 Å². The molecule has 11 rings (SSSR count). The molecule has 2 saturated carbocycles. The average molecular weight is 2120 g/mol. The molecule has 0 amide bonds. The molecular formula is C114H178Cl2O24Si4. The Bertz CT molecular complexity index is 5100. The van der Waals surface area contributed by atoms with Gasteiger partial charge in [-0.2, -0.15) is 0 Å². The fourth-order valence-electron chi connectivity index (χ4n) is 20.6. The number of ether oxygens (including phenoxy) is 6. The summed E-state index contributed by atoms with van der Waals surface area (Å²) in [5, 5.41) is 45.5. The maximum atomic E-state index is 13.7. The number of methoxy groups -OCH3 is 2. The minimum Gasteiger partial charge on any atom is -0.467 e. The van der Waals surface area contributed by atoms with Crippen molar-refractivity contribution in [1.29, 1.82) is 0 Å². The van der Waals surface area contributed by atoms with Gasteiger partial charge >= 0.3 is 29.8 Å². The highest BCUT2D eigenvalue weighted by Crippen LogP contribution is 2.60. The Kier molecular flexibility index (Phi) is 44.3. The summed E-state index contributed by atoms with van der Waals surface area (Å²) in [5.41, 5.74) is 3.06. The number of halogens is 2. The number of aliphatic hydroxyl groups is 4. The summed E-state index contributed by atoms with van der Waals surface area (Å²) in [5.74, 6) is -1.06. The van der Waals surface area contributed by atoms with E-state index in [0.717, 1.165) is 119 Å². The molecule has 1 aromatic carbocycles. The second kappa shape index (κ2) is 49.9. The third-order valence-electron chi connectivity index (χ3n) is 32.3. The number of allylic oxidation sites excluding steroid dienone is 13. The number of aldehydes is 1. The Morgan fingerprint density at radius 1 is 0.604 bits per heavy atom. The predicted octanol–water partition coefficient (Wildman–Crippen LogP) is 23.0. The highest BCUT2D eigenvalue weighted by molar-refractivity contribution is 6.75. The van der Waals surface area contributed by atoms with Crippen molar-refractivity contribution >= 4 is 116 Å². The number of Topliss-reactive ketones (excluding diaryl/α,β-unsaturated/α-hetero) is 4. The molecule has 24 nitrogen and oxygen atoms in total. The first-order valence-corrected chi connectivity index (χ1v) is 64.8. The summed E-state index contributed by atoms with van der Waals surface area (Å²) >= 11 is 11.6. The first-order valence-electron chi connectivity index (χ1n) is 51.0.